The van der Waals surface area contributed by atoms with E-state index in [4.69, 9.17) is 11.5 Å². The first kappa shape index (κ1) is 13.7. The standard InChI is InChI=1S/C14H14Br2N2/c15-11-5-1-9(2-6-11)13(17)14(18)10-3-7-12(16)8-4-10/h1-8,13-14H,17-18H2/t13-,14-/m0/s1. The molecule has 0 saturated heterocycles. The van der Waals surface area contributed by atoms with Gasteiger partial charge in [-0.25, -0.2) is 0 Å². The Balaban J connectivity index is 2.20. The van der Waals surface area contributed by atoms with Crippen LogP contribution in [0.1, 0.15) is 23.2 Å². The zero-order valence-electron chi connectivity index (χ0n) is 9.68. The first-order chi connectivity index (χ1) is 8.58. The molecule has 0 radical (unpaired) electrons. The predicted molar refractivity (Wildman–Crippen MR) is 82.1 cm³/mol. The summed E-state index contributed by atoms with van der Waals surface area (Å²) in [5.41, 5.74) is 14.5. The molecule has 0 aliphatic carbocycles. The molecule has 2 aromatic carbocycles. The van der Waals surface area contributed by atoms with Crippen molar-refractivity contribution in [2.45, 2.75) is 12.1 Å². The highest BCUT2D eigenvalue weighted by atomic mass is 79.9. The first-order valence-corrected chi connectivity index (χ1v) is 7.18. The molecule has 0 amide bonds. The summed E-state index contributed by atoms with van der Waals surface area (Å²) in [6, 6.07) is 15.5. The Morgan fingerprint density at radius 3 is 1.17 bits per heavy atom. The van der Waals surface area contributed by atoms with Gasteiger partial charge >= 0.3 is 0 Å². The molecule has 4 N–H and O–H groups in total. The Hall–Kier alpha value is -0.680. The molecule has 4 heteroatoms. The smallest absolute Gasteiger partial charge is 0.0491 e. The van der Waals surface area contributed by atoms with Gasteiger partial charge in [0.25, 0.3) is 0 Å². The van der Waals surface area contributed by atoms with Crippen LogP contribution in [0.2, 0.25) is 0 Å². The van der Waals surface area contributed by atoms with Gasteiger partial charge in [0.2, 0.25) is 0 Å². The van der Waals surface area contributed by atoms with Gasteiger partial charge < -0.3 is 11.5 Å². The Labute approximate surface area is 124 Å². The third-order valence-corrected chi connectivity index (χ3v) is 3.95. The maximum Gasteiger partial charge on any atom is 0.0491 e. The van der Waals surface area contributed by atoms with Crippen molar-refractivity contribution in [3.05, 3.63) is 68.6 Å². The van der Waals surface area contributed by atoms with Gasteiger partial charge in [-0.3, -0.25) is 0 Å². The molecule has 0 bridgehead atoms. The van der Waals surface area contributed by atoms with Crippen molar-refractivity contribution in [2.24, 2.45) is 11.5 Å². The predicted octanol–water partition coefficient (Wildman–Crippen LogP) is 3.91. The third kappa shape index (κ3) is 3.20. The van der Waals surface area contributed by atoms with Crippen molar-refractivity contribution in [3.63, 3.8) is 0 Å². The van der Waals surface area contributed by atoms with Gasteiger partial charge in [0.15, 0.2) is 0 Å². The molecular formula is C14H14Br2N2. The van der Waals surface area contributed by atoms with E-state index in [9.17, 15) is 0 Å². The summed E-state index contributed by atoms with van der Waals surface area (Å²) in [7, 11) is 0. The van der Waals surface area contributed by atoms with Gasteiger partial charge in [0.1, 0.15) is 0 Å². The molecule has 0 heterocycles. The third-order valence-electron chi connectivity index (χ3n) is 2.90. The van der Waals surface area contributed by atoms with Crippen molar-refractivity contribution >= 4 is 31.9 Å². The molecule has 2 nitrogen and oxygen atoms in total. The fraction of sp³-hybridized carbons (Fsp3) is 0.143. The van der Waals surface area contributed by atoms with E-state index in [0.29, 0.717) is 0 Å². The van der Waals surface area contributed by atoms with Crippen LogP contribution in [0.5, 0.6) is 0 Å². The molecule has 2 rings (SSSR count). The Morgan fingerprint density at radius 1 is 0.611 bits per heavy atom. The molecule has 2 aromatic rings. The van der Waals surface area contributed by atoms with Crippen molar-refractivity contribution in [2.75, 3.05) is 0 Å². The topological polar surface area (TPSA) is 52.0 Å². The molecule has 94 valence electrons. The molecule has 0 fully saturated rings. The zero-order valence-corrected chi connectivity index (χ0v) is 12.9. The Bertz CT molecular complexity index is 459. The second-order valence-electron chi connectivity index (χ2n) is 4.15. The summed E-state index contributed by atoms with van der Waals surface area (Å²) in [4.78, 5) is 0. The highest BCUT2D eigenvalue weighted by molar-refractivity contribution is 9.10. The minimum absolute atomic E-state index is 0.209. The van der Waals surface area contributed by atoms with Crippen LogP contribution in [0.15, 0.2) is 57.5 Å². The number of nitrogens with two attached hydrogens (primary N) is 2. The first-order valence-electron chi connectivity index (χ1n) is 5.60. The number of halogens is 2. The lowest BCUT2D eigenvalue weighted by molar-refractivity contribution is 0.574. The summed E-state index contributed by atoms with van der Waals surface area (Å²) < 4.78 is 2.08. The van der Waals surface area contributed by atoms with E-state index < -0.39 is 0 Å². The Morgan fingerprint density at radius 2 is 0.889 bits per heavy atom. The normalized spacial score (nSPS) is 14.2. The van der Waals surface area contributed by atoms with E-state index in [-0.39, 0.29) is 12.1 Å². The fourth-order valence-electron chi connectivity index (χ4n) is 1.78. The molecule has 0 aromatic heterocycles. The molecule has 2 atom stereocenters. The van der Waals surface area contributed by atoms with Gasteiger partial charge in [-0.2, -0.15) is 0 Å². The molecule has 0 aliphatic heterocycles. The van der Waals surface area contributed by atoms with Gasteiger partial charge in [-0.1, -0.05) is 56.1 Å². The molecule has 0 unspecified atom stereocenters. The maximum atomic E-state index is 6.21. The lowest BCUT2D eigenvalue weighted by Gasteiger charge is -2.20. The van der Waals surface area contributed by atoms with Crippen molar-refractivity contribution in [1.29, 1.82) is 0 Å². The number of rotatable bonds is 3. The summed E-state index contributed by atoms with van der Waals surface area (Å²) in [5, 5.41) is 0. The Kier molecular flexibility index (Phi) is 4.56. The average molecular weight is 370 g/mol. The number of hydrogen-bond donors (Lipinski definition) is 2. The number of hydrogen-bond acceptors (Lipinski definition) is 2. The van der Waals surface area contributed by atoms with Crippen LogP contribution in [0.3, 0.4) is 0 Å². The second-order valence-corrected chi connectivity index (χ2v) is 5.99. The van der Waals surface area contributed by atoms with Gasteiger partial charge in [-0.15, -0.1) is 0 Å². The minimum atomic E-state index is -0.209. The van der Waals surface area contributed by atoms with E-state index in [1.807, 2.05) is 48.5 Å². The highest BCUT2D eigenvalue weighted by Gasteiger charge is 2.17. The van der Waals surface area contributed by atoms with E-state index in [0.717, 1.165) is 20.1 Å². The van der Waals surface area contributed by atoms with Crippen molar-refractivity contribution in [1.82, 2.24) is 0 Å². The second kappa shape index (κ2) is 5.97. The van der Waals surface area contributed by atoms with Crippen molar-refractivity contribution < 1.29 is 0 Å². The average Bonchev–Trinajstić information content (AvgIpc) is 2.39. The minimum Gasteiger partial charge on any atom is -0.322 e. The van der Waals surface area contributed by atoms with Gasteiger partial charge in [-0.05, 0) is 35.4 Å². The van der Waals surface area contributed by atoms with Gasteiger partial charge in [0.05, 0.1) is 0 Å². The molecule has 0 spiro atoms. The fourth-order valence-corrected chi connectivity index (χ4v) is 2.31. The molecule has 18 heavy (non-hydrogen) atoms. The zero-order chi connectivity index (χ0) is 13.1. The van der Waals surface area contributed by atoms with Crippen LogP contribution in [0, 0.1) is 0 Å². The molecular weight excluding hydrogens is 356 g/mol. The van der Waals surface area contributed by atoms with Crippen LogP contribution in [0.25, 0.3) is 0 Å². The van der Waals surface area contributed by atoms with Crippen LogP contribution >= 0.6 is 31.9 Å². The molecule has 0 saturated carbocycles. The van der Waals surface area contributed by atoms with Crippen molar-refractivity contribution in [3.8, 4) is 0 Å². The van der Waals surface area contributed by atoms with Crippen LogP contribution in [0.4, 0.5) is 0 Å². The van der Waals surface area contributed by atoms with Gasteiger partial charge in [0, 0.05) is 21.0 Å². The van der Waals surface area contributed by atoms with E-state index in [2.05, 4.69) is 31.9 Å². The largest absolute Gasteiger partial charge is 0.322 e. The summed E-state index contributed by atoms with van der Waals surface area (Å²) in [5.74, 6) is 0. The van der Waals surface area contributed by atoms with Crippen LogP contribution in [-0.2, 0) is 0 Å². The number of benzene rings is 2. The SMILES string of the molecule is N[C@@H](c1ccc(Br)cc1)[C@@H](N)c1ccc(Br)cc1. The van der Waals surface area contributed by atoms with E-state index in [1.165, 1.54) is 0 Å². The van der Waals surface area contributed by atoms with Crippen LogP contribution in [-0.4, -0.2) is 0 Å². The summed E-state index contributed by atoms with van der Waals surface area (Å²) in [6.45, 7) is 0. The maximum absolute atomic E-state index is 6.21. The highest BCUT2D eigenvalue weighted by Crippen LogP contribution is 2.26. The van der Waals surface area contributed by atoms with E-state index >= 15 is 0 Å². The summed E-state index contributed by atoms with van der Waals surface area (Å²) >= 11 is 6.81. The quantitative estimate of drug-likeness (QED) is 0.861. The van der Waals surface area contributed by atoms with Crippen LogP contribution < -0.4 is 11.5 Å². The summed E-state index contributed by atoms with van der Waals surface area (Å²) in [6.07, 6.45) is 0. The lowest BCUT2D eigenvalue weighted by atomic mass is 9.95. The van der Waals surface area contributed by atoms with E-state index in [1.54, 1.807) is 0 Å². The molecule has 0 aliphatic rings. The monoisotopic (exact) mass is 368 g/mol. The lowest BCUT2D eigenvalue weighted by Crippen LogP contribution is -2.26.